The summed E-state index contributed by atoms with van der Waals surface area (Å²) in [6, 6.07) is 0. The molecule has 0 aromatic heterocycles. The maximum atomic E-state index is 12.0. The molecule has 1 aliphatic carbocycles. The van der Waals surface area contributed by atoms with Gasteiger partial charge in [0.15, 0.2) is 5.96 Å². The third-order valence-electron chi connectivity index (χ3n) is 3.82. The summed E-state index contributed by atoms with van der Waals surface area (Å²) in [4.78, 5) is 16.3. The fourth-order valence-corrected chi connectivity index (χ4v) is 2.78. The fourth-order valence-electron chi connectivity index (χ4n) is 2.78. The highest BCUT2D eigenvalue weighted by Gasteiger charge is 2.46. The number of carbonyl (C=O) groups is 1. The monoisotopic (exact) mass is 223 g/mol. The SMILES string of the molecule is CCN=C1NC(=O)C(C)(C2CCCCC2)N1. The van der Waals surface area contributed by atoms with Crippen molar-refractivity contribution in [1.29, 1.82) is 0 Å². The van der Waals surface area contributed by atoms with Crippen molar-refractivity contribution in [2.24, 2.45) is 10.9 Å². The van der Waals surface area contributed by atoms with Gasteiger partial charge in [-0.1, -0.05) is 19.3 Å². The maximum absolute atomic E-state index is 12.0. The van der Waals surface area contributed by atoms with E-state index < -0.39 is 5.54 Å². The molecule has 0 bridgehead atoms. The number of hydrogen-bond acceptors (Lipinski definition) is 2. The van der Waals surface area contributed by atoms with E-state index in [1.54, 1.807) is 0 Å². The first-order valence-corrected chi connectivity index (χ1v) is 6.31. The van der Waals surface area contributed by atoms with E-state index in [4.69, 9.17) is 0 Å². The highest BCUT2D eigenvalue weighted by Crippen LogP contribution is 2.34. The van der Waals surface area contributed by atoms with Crippen LogP contribution in [0, 0.1) is 5.92 Å². The molecular formula is C12H21N3O. The second-order valence-corrected chi connectivity index (χ2v) is 4.94. The molecule has 1 saturated heterocycles. The van der Waals surface area contributed by atoms with E-state index in [0.29, 0.717) is 18.4 Å². The highest BCUT2D eigenvalue weighted by atomic mass is 16.2. The molecular weight excluding hydrogens is 202 g/mol. The Balaban J connectivity index is 2.11. The van der Waals surface area contributed by atoms with Crippen LogP contribution in [0.15, 0.2) is 4.99 Å². The molecule has 2 N–H and O–H groups in total. The molecule has 2 rings (SSSR count). The molecule has 1 aliphatic heterocycles. The van der Waals surface area contributed by atoms with Crippen LogP contribution < -0.4 is 10.6 Å². The second kappa shape index (κ2) is 4.44. The summed E-state index contributed by atoms with van der Waals surface area (Å²) in [6.07, 6.45) is 6.10. The quantitative estimate of drug-likeness (QED) is 0.744. The number of aliphatic imine (C=N–C) groups is 1. The number of guanidine groups is 1. The van der Waals surface area contributed by atoms with Gasteiger partial charge in [0.1, 0.15) is 5.54 Å². The summed E-state index contributed by atoms with van der Waals surface area (Å²) in [6.45, 7) is 4.68. The van der Waals surface area contributed by atoms with Crippen LogP contribution in [0.3, 0.4) is 0 Å². The third kappa shape index (κ3) is 1.93. The molecule has 90 valence electrons. The zero-order valence-electron chi connectivity index (χ0n) is 10.2. The molecule has 2 fully saturated rings. The minimum atomic E-state index is -0.436. The van der Waals surface area contributed by atoms with Crippen LogP contribution in [0.5, 0.6) is 0 Å². The summed E-state index contributed by atoms with van der Waals surface area (Å²) in [5.74, 6) is 1.19. The Bertz CT molecular complexity index is 307. The molecule has 2 aliphatic rings. The number of amides is 1. The standard InChI is InChI=1S/C12H21N3O/c1-3-13-11-14-10(16)12(2,15-11)9-7-5-4-6-8-9/h9H,3-8H2,1-2H3,(H2,13,14,15,16). The Morgan fingerprint density at radius 1 is 1.38 bits per heavy atom. The lowest BCUT2D eigenvalue weighted by Crippen LogP contribution is -2.51. The Kier molecular flexibility index (Phi) is 3.17. The molecule has 0 spiro atoms. The van der Waals surface area contributed by atoms with Gasteiger partial charge in [-0.05, 0) is 32.6 Å². The van der Waals surface area contributed by atoms with Crippen LogP contribution in [0.1, 0.15) is 46.0 Å². The summed E-state index contributed by atoms with van der Waals surface area (Å²) in [7, 11) is 0. The summed E-state index contributed by atoms with van der Waals surface area (Å²) in [5, 5.41) is 6.12. The highest BCUT2D eigenvalue weighted by molar-refractivity contribution is 6.08. The first kappa shape index (κ1) is 11.4. The van der Waals surface area contributed by atoms with Crippen molar-refractivity contribution in [2.75, 3.05) is 6.54 Å². The van der Waals surface area contributed by atoms with Crippen LogP contribution in [0.4, 0.5) is 0 Å². The van der Waals surface area contributed by atoms with Gasteiger partial charge in [0, 0.05) is 6.54 Å². The number of nitrogens with zero attached hydrogens (tertiary/aromatic N) is 1. The number of rotatable bonds is 2. The Morgan fingerprint density at radius 3 is 2.69 bits per heavy atom. The van der Waals surface area contributed by atoms with E-state index in [1.165, 1.54) is 19.3 Å². The predicted molar refractivity (Wildman–Crippen MR) is 64.2 cm³/mol. The zero-order chi connectivity index (χ0) is 11.6. The van der Waals surface area contributed by atoms with Crippen molar-refractivity contribution in [3.05, 3.63) is 0 Å². The van der Waals surface area contributed by atoms with Crippen LogP contribution in [-0.4, -0.2) is 24.0 Å². The van der Waals surface area contributed by atoms with Gasteiger partial charge in [-0.2, -0.15) is 0 Å². The number of nitrogens with one attached hydrogen (secondary N) is 2. The van der Waals surface area contributed by atoms with Gasteiger partial charge in [-0.15, -0.1) is 0 Å². The fraction of sp³-hybridized carbons (Fsp3) is 0.833. The maximum Gasteiger partial charge on any atom is 0.252 e. The van der Waals surface area contributed by atoms with Gasteiger partial charge in [0.2, 0.25) is 0 Å². The summed E-state index contributed by atoms with van der Waals surface area (Å²) in [5.41, 5.74) is -0.436. The number of hydrogen-bond donors (Lipinski definition) is 2. The van der Waals surface area contributed by atoms with Gasteiger partial charge in [-0.25, -0.2) is 0 Å². The molecule has 1 saturated carbocycles. The van der Waals surface area contributed by atoms with Crippen molar-refractivity contribution in [3.63, 3.8) is 0 Å². The van der Waals surface area contributed by atoms with E-state index >= 15 is 0 Å². The molecule has 16 heavy (non-hydrogen) atoms. The van der Waals surface area contributed by atoms with Crippen LogP contribution in [0.2, 0.25) is 0 Å². The lowest BCUT2D eigenvalue weighted by atomic mass is 9.76. The lowest BCUT2D eigenvalue weighted by molar-refractivity contribution is -0.125. The minimum absolute atomic E-state index is 0.0894. The topological polar surface area (TPSA) is 53.5 Å². The Labute approximate surface area is 96.9 Å². The molecule has 1 unspecified atom stereocenters. The van der Waals surface area contributed by atoms with Crippen molar-refractivity contribution in [2.45, 2.75) is 51.5 Å². The van der Waals surface area contributed by atoms with E-state index in [1.807, 2.05) is 13.8 Å². The van der Waals surface area contributed by atoms with Gasteiger partial charge in [0.05, 0.1) is 0 Å². The molecule has 0 aromatic carbocycles. The lowest BCUT2D eigenvalue weighted by Gasteiger charge is -2.34. The molecule has 1 atom stereocenters. The summed E-state index contributed by atoms with van der Waals surface area (Å²) < 4.78 is 0. The van der Waals surface area contributed by atoms with Crippen molar-refractivity contribution >= 4 is 11.9 Å². The van der Waals surface area contributed by atoms with Gasteiger partial charge in [-0.3, -0.25) is 15.1 Å². The Hall–Kier alpha value is -1.06. The number of carbonyl (C=O) groups excluding carboxylic acids is 1. The average Bonchev–Trinajstić information content (AvgIpc) is 2.57. The first-order chi connectivity index (χ1) is 7.66. The van der Waals surface area contributed by atoms with Crippen molar-refractivity contribution in [3.8, 4) is 0 Å². The third-order valence-corrected chi connectivity index (χ3v) is 3.82. The van der Waals surface area contributed by atoms with Crippen LogP contribution in [-0.2, 0) is 4.79 Å². The first-order valence-electron chi connectivity index (χ1n) is 6.31. The van der Waals surface area contributed by atoms with Gasteiger partial charge < -0.3 is 5.32 Å². The Morgan fingerprint density at radius 2 is 2.06 bits per heavy atom. The molecule has 1 amide bonds. The molecule has 1 heterocycles. The molecule has 0 radical (unpaired) electrons. The summed E-state index contributed by atoms with van der Waals surface area (Å²) >= 11 is 0. The van der Waals surface area contributed by atoms with E-state index in [-0.39, 0.29) is 5.91 Å². The minimum Gasteiger partial charge on any atom is -0.342 e. The van der Waals surface area contributed by atoms with Crippen molar-refractivity contribution in [1.82, 2.24) is 10.6 Å². The van der Waals surface area contributed by atoms with E-state index in [2.05, 4.69) is 15.6 Å². The average molecular weight is 223 g/mol. The van der Waals surface area contributed by atoms with Gasteiger partial charge in [0.25, 0.3) is 5.91 Å². The van der Waals surface area contributed by atoms with E-state index in [0.717, 1.165) is 12.8 Å². The smallest absolute Gasteiger partial charge is 0.252 e. The van der Waals surface area contributed by atoms with Crippen LogP contribution in [0.25, 0.3) is 0 Å². The molecule has 4 nitrogen and oxygen atoms in total. The second-order valence-electron chi connectivity index (χ2n) is 4.94. The molecule has 4 heteroatoms. The predicted octanol–water partition coefficient (Wildman–Crippen LogP) is 1.42. The normalized spacial score (nSPS) is 33.9. The van der Waals surface area contributed by atoms with Crippen LogP contribution >= 0.6 is 0 Å². The van der Waals surface area contributed by atoms with E-state index in [9.17, 15) is 4.79 Å². The largest absolute Gasteiger partial charge is 0.342 e. The van der Waals surface area contributed by atoms with Gasteiger partial charge >= 0.3 is 0 Å². The van der Waals surface area contributed by atoms with Crippen molar-refractivity contribution < 1.29 is 4.79 Å². The zero-order valence-corrected chi connectivity index (χ0v) is 10.2. The molecule has 0 aromatic rings.